The number of fused-ring (bicyclic) bond motifs is 3. The molecule has 0 amide bonds. The molecule has 0 atom stereocenters. The molecule has 1 radical (unpaired) electrons. The van der Waals surface area contributed by atoms with E-state index in [2.05, 4.69) is 20.8 Å². The Labute approximate surface area is 386 Å². The Morgan fingerprint density at radius 3 is 1.41 bits per heavy atom. The van der Waals surface area contributed by atoms with E-state index in [-0.39, 0.29) is 61.3 Å². The number of alkyl halides is 3. The van der Waals surface area contributed by atoms with Crippen molar-refractivity contribution in [2.75, 3.05) is 18.5 Å². The maximum atomic E-state index is 13.8. The van der Waals surface area contributed by atoms with Crippen molar-refractivity contribution >= 4 is 57.7 Å². The maximum Gasteiger partial charge on any atom is 0.455 e. The van der Waals surface area contributed by atoms with E-state index in [1.54, 1.807) is 37.3 Å². The van der Waals surface area contributed by atoms with Gasteiger partial charge in [0.05, 0.1) is 12.7 Å². The Balaban J connectivity index is 0.000000243. The summed E-state index contributed by atoms with van der Waals surface area (Å²) < 4.78 is 65.7. The first-order chi connectivity index (χ1) is 27.8. The Kier molecular flexibility index (Phi) is 20.2. The summed E-state index contributed by atoms with van der Waals surface area (Å²) in [6.45, 7) is 8.20. The van der Waals surface area contributed by atoms with Crippen molar-refractivity contribution in [3.8, 4) is 5.75 Å². The minimum atomic E-state index is -5.24. The van der Waals surface area contributed by atoms with E-state index in [1.165, 1.54) is 25.3 Å². The molecule has 0 fully saturated rings. The Morgan fingerprint density at radius 2 is 1.02 bits per heavy atom. The molecular formula is C47H54EuF3NO5P2. The number of rotatable bonds is 14. The first-order valence-electron chi connectivity index (χ1n) is 20.0. The van der Waals surface area contributed by atoms with Crippen molar-refractivity contribution < 1.29 is 81.6 Å². The predicted octanol–water partition coefficient (Wildman–Crippen LogP) is 11.7. The van der Waals surface area contributed by atoms with Gasteiger partial charge in [0.1, 0.15) is 11.3 Å². The van der Waals surface area contributed by atoms with Crippen molar-refractivity contribution in [1.82, 2.24) is 4.57 Å². The van der Waals surface area contributed by atoms with Crippen LogP contribution in [0.4, 0.5) is 13.2 Å². The van der Waals surface area contributed by atoms with Gasteiger partial charge in [-0.1, -0.05) is 161 Å². The summed E-state index contributed by atoms with van der Waals surface area (Å²) in [4.78, 5) is 24.0. The zero-order valence-electron chi connectivity index (χ0n) is 34.1. The standard InChI is InChI=1S/C18H15OP.C17H12F3NO3.C12H27OP.Eu/c19-20(16-10-4-1-5-11-16,17-12-6-2-7-13-17)18-14-8-3-9-15-18;1-2-21-13-10-6-4-3-5-9(10)7-8-11(13)14(22)12(16(21)24)15(23)17(18,19)20;1-4-7-10-14(13,11-8-5-2)12-9-6-3;/h1-15H;3-8,22H,2H2,1H3;4-12H2,1-3H3;. The number of carbonyl (C=O) groups excluding carboxylic acids is 1. The summed E-state index contributed by atoms with van der Waals surface area (Å²) in [6, 6.07) is 39.2. The van der Waals surface area contributed by atoms with E-state index < -0.39 is 43.1 Å². The monoisotopic (exact) mass is 984 g/mol. The average molecular weight is 984 g/mol. The molecule has 6 aromatic rings. The van der Waals surface area contributed by atoms with Crippen molar-refractivity contribution in [2.45, 2.75) is 78.9 Å². The van der Waals surface area contributed by atoms with Crippen LogP contribution in [0, 0.1) is 49.4 Å². The van der Waals surface area contributed by atoms with Crippen molar-refractivity contribution in [3.05, 3.63) is 143 Å². The van der Waals surface area contributed by atoms with Crippen molar-refractivity contribution in [1.29, 1.82) is 0 Å². The Hall–Kier alpha value is -3.13. The van der Waals surface area contributed by atoms with Gasteiger partial charge >= 0.3 is 6.18 Å². The van der Waals surface area contributed by atoms with Gasteiger partial charge in [-0.3, -0.25) is 9.59 Å². The molecule has 315 valence electrons. The van der Waals surface area contributed by atoms with Crippen LogP contribution in [0.15, 0.2) is 132 Å². The molecule has 0 unspecified atom stereocenters. The van der Waals surface area contributed by atoms with Gasteiger partial charge < -0.3 is 18.8 Å². The van der Waals surface area contributed by atoms with Gasteiger partial charge in [0, 0.05) is 101 Å². The SMILES string of the molecule is CCCCP(=O)(CCCC)CCCC.CCn1c(=O)c(C(=O)C(F)(F)F)c(O)c2ccc3ccccc3c21.O=P(c1ccccc1)(c1ccccc1)c1ccccc1.[Eu]. The second-order valence-corrected chi connectivity index (χ2v) is 20.4. The number of halogens is 3. The fourth-order valence-electron chi connectivity index (χ4n) is 6.89. The van der Waals surface area contributed by atoms with Crippen LogP contribution in [-0.4, -0.2) is 40.1 Å². The van der Waals surface area contributed by atoms with Crippen LogP contribution in [0.5, 0.6) is 5.75 Å². The third kappa shape index (κ3) is 12.7. The summed E-state index contributed by atoms with van der Waals surface area (Å²) in [5.41, 5.74) is -2.09. The molecule has 59 heavy (non-hydrogen) atoms. The third-order valence-electron chi connectivity index (χ3n) is 10.0. The Morgan fingerprint density at radius 1 is 0.610 bits per heavy atom. The van der Waals surface area contributed by atoms with Crippen LogP contribution in [0.1, 0.15) is 76.6 Å². The molecule has 12 heteroatoms. The molecular weight excluding hydrogens is 929 g/mol. The first kappa shape index (κ1) is 50.2. The summed E-state index contributed by atoms with van der Waals surface area (Å²) in [5, 5.41) is 14.2. The third-order valence-corrected chi connectivity index (χ3v) is 16.5. The van der Waals surface area contributed by atoms with E-state index in [4.69, 9.17) is 0 Å². The molecule has 0 spiro atoms. The molecule has 5 aromatic carbocycles. The van der Waals surface area contributed by atoms with Gasteiger partial charge in [0.2, 0.25) is 0 Å². The number of hydrogen-bond acceptors (Lipinski definition) is 5. The van der Waals surface area contributed by atoms with Gasteiger partial charge in [0.15, 0.2) is 7.14 Å². The van der Waals surface area contributed by atoms with E-state index in [9.17, 15) is 37.0 Å². The number of pyridine rings is 1. The van der Waals surface area contributed by atoms with E-state index in [0.717, 1.165) is 63.6 Å². The van der Waals surface area contributed by atoms with Crippen LogP contribution >= 0.6 is 14.3 Å². The minimum Gasteiger partial charge on any atom is -0.506 e. The quantitative estimate of drug-likeness (QED) is 0.0667. The normalized spacial score (nSPS) is 11.5. The predicted molar refractivity (Wildman–Crippen MR) is 236 cm³/mol. The summed E-state index contributed by atoms with van der Waals surface area (Å²) in [6.07, 6.45) is 4.79. The molecule has 0 saturated heterocycles. The topological polar surface area (TPSA) is 93.4 Å². The molecule has 0 aliphatic carbocycles. The van der Waals surface area contributed by atoms with Crippen LogP contribution in [0.2, 0.25) is 0 Å². The van der Waals surface area contributed by atoms with E-state index in [0.29, 0.717) is 10.9 Å². The number of unbranched alkanes of at least 4 members (excludes halogenated alkanes) is 3. The molecule has 1 aromatic heterocycles. The van der Waals surface area contributed by atoms with Crippen LogP contribution in [0.3, 0.4) is 0 Å². The summed E-state index contributed by atoms with van der Waals surface area (Å²) in [7, 11) is -4.55. The number of carbonyl (C=O) groups is 1. The zero-order chi connectivity index (χ0) is 42.3. The molecule has 0 bridgehead atoms. The van der Waals surface area contributed by atoms with Gasteiger partial charge in [-0.05, 0) is 37.6 Å². The fourth-order valence-corrected chi connectivity index (χ4v) is 12.9. The number of aromatic hydroxyl groups is 1. The summed E-state index contributed by atoms with van der Waals surface area (Å²) in [5.74, 6) is -3.28. The first-order valence-corrected chi connectivity index (χ1v) is 24.0. The van der Waals surface area contributed by atoms with Crippen molar-refractivity contribution in [2.24, 2.45) is 0 Å². The number of benzene rings is 5. The van der Waals surface area contributed by atoms with Crippen molar-refractivity contribution in [3.63, 3.8) is 0 Å². The molecule has 6 nitrogen and oxygen atoms in total. The van der Waals surface area contributed by atoms with Crippen LogP contribution in [0.25, 0.3) is 21.7 Å². The van der Waals surface area contributed by atoms with Gasteiger partial charge in [-0.25, -0.2) is 0 Å². The molecule has 1 N–H and O–H groups in total. The number of aromatic nitrogens is 1. The molecule has 0 saturated carbocycles. The van der Waals surface area contributed by atoms with Crippen LogP contribution < -0.4 is 21.5 Å². The Bertz CT molecular complexity index is 2270. The van der Waals surface area contributed by atoms with Gasteiger partial charge in [-0.15, -0.1) is 0 Å². The number of hydrogen-bond donors (Lipinski definition) is 1. The second-order valence-electron chi connectivity index (χ2n) is 14.2. The number of nitrogens with zero attached hydrogens (tertiary/aromatic N) is 1. The number of aryl methyl sites for hydroxylation is 1. The van der Waals surface area contributed by atoms with E-state index >= 15 is 0 Å². The molecule has 1 heterocycles. The average Bonchev–Trinajstić information content (AvgIpc) is 3.25. The molecule has 0 aliphatic heterocycles. The molecule has 6 rings (SSSR count). The van der Waals surface area contributed by atoms with Gasteiger partial charge in [0.25, 0.3) is 11.3 Å². The maximum absolute atomic E-state index is 13.8. The number of ketones is 1. The zero-order valence-corrected chi connectivity index (χ0v) is 38.3. The largest absolute Gasteiger partial charge is 0.506 e. The van der Waals surface area contributed by atoms with Crippen LogP contribution in [-0.2, 0) is 15.7 Å². The minimum absolute atomic E-state index is 0. The smallest absolute Gasteiger partial charge is 0.455 e. The fraction of sp³-hybridized carbons (Fsp3) is 0.319. The molecule has 0 aliphatic rings. The van der Waals surface area contributed by atoms with Gasteiger partial charge in [-0.2, -0.15) is 13.2 Å². The van der Waals surface area contributed by atoms with E-state index in [1.807, 2.05) is 91.0 Å². The second kappa shape index (κ2) is 23.8. The summed E-state index contributed by atoms with van der Waals surface area (Å²) >= 11 is 0. The number of Topliss-reactive ketones (excluding diaryl/α,β-unsaturated/α-hetero) is 1.